The molecule has 0 saturated carbocycles. The number of rotatable bonds is 5. The van der Waals surface area contributed by atoms with Crippen LogP contribution in [0.2, 0.25) is 0 Å². The largest absolute Gasteiger partial charge is 0.324 e. The molecule has 140 valence electrons. The molecule has 5 heteroatoms. The lowest BCUT2D eigenvalue weighted by Crippen LogP contribution is -2.50. The zero-order chi connectivity index (χ0) is 19.7. The second-order valence-electron chi connectivity index (χ2n) is 7.48. The van der Waals surface area contributed by atoms with Crippen LogP contribution in [0.1, 0.15) is 59.9 Å². The molecule has 1 aliphatic heterocycles. The van der Waals surface area contributed by atoms with E-state index in [9.17, 15) is 14.4 Å². The molecule has 1 atom stereocenters. The Morgan fingerprint density at radius 2 is 1.48 bits per heavy atom. The van der Waals surface area contributed by atoms with Gasteiger partial charge in [-0.25, -0.2) is 0 Å². The summed E-state index contributed by atoms with van der Waals surface area (Å²) in [5.41, 5.74) is 2.47. The molecular formula is C22H24N2O3. The number of carbonyl (C=O) groups is 3. The zero-order valence-corrected chi connectivity index (χ0v) is 16.0. The first-order valence-corrected chi connectivity index (χ1v) is 9.19. The van der Waals surface area contributed by atoms with E-state index in [-0.39, 0.29) is 11.8 Å². The van der Waals surface area contributed by atoms with E-state index in [0.717, 1.165) is 10.5 Å². The number of carbonyl (C=O) groups excluding carboxylic acids is 3. The van der Waals surface area contributed by atoms with Crippen molar-refractivity contribution in [2.45, 2.75) is 39.7 Å². The molecule has 0 saturated heterocycles. The summed E-state index contributed by atoms with van der Waals surface area (Å²) >= 11 is 0. The molecule has 0 radical (unpaired) electrons. The number of benzene rings is 2. The van der Waals surface area contributed by atoms with Crippen molar-refractivity contribution in [1.29, 1.82) is 0 Å². The van der Waals surface area contributed by atoms with Crippen molar-refractivity contribution in [2.75, 3.05) is 5.32 Å². The van der Waals surface area contributed by atoms with Crippen LogP contribution in [0.3, 0.4) is 0 Å². The molecule has 0 spiro atoms. The Balaban J connectivity index is 1.88. The fourth-order valence-corrected chi connectivity index (χ4v) is 3.37. The summed E-state index contributed by atoms with van der Waals surface area (Å²) in [7, 11) is 0. The van der Waals surface area contributed by atoms with E-state index in [2.05, 4.69) is 19.2 Å². The van der Waals surface area contributed by atoms with Crippen LogP contribution in [-0.4, -0.2) is 28.7 Å². The average molecular weight is 364 g/mol. The molecule has 1 N–H and O–H groups in total. The van der Waals surface area contributed by atoms with Gasteiger partial charge in [-0.1, -0.05) is 52.0 Å². The number of anilines is 1. The Kier molecular flexibility index (Phi) is 5.13. The summed E-state index contributed by atoms with van der Waals surface area (Å²) in [5.74, 6) is -1.08. The molecule has 0 bridgehead atoms. The summed E-state index contributed by atoms with van der Waals surface area (Å²) < 4.78 is 0. The third-order valence-electron chi connectivity index (χ3n) is 4.82. The van der Waals surface area contributed by atoms with Crippen LogP contribution in [0.25, 0.3) is 0 Å². The standard InChI is InChI=1S/C22H24N2O3/c1-13(2)15-8-7-9-16(12-15)23-20(25)19(14(3)4)24-21(26)17-10-5-6-11-18(17)22(24)27/h5-14,19H,1-4H3,(H,23,25). The van der Waals surface area contributed by atoms with E-state index in [1.807, 2.05) is 38.1 Å². The fourth-order valence-electron chi connectivity index (χ4n) is 3.37. The van der Waals surface area contributed by atoms with Gasteiger partial charge in [0, 0.05) is 5.69 Å². The summed E-state index contributed by atoms with van der Waals surface area (Å²) in [4.78, 5) is 39.7. The molecule has 2 aromatic carbocycles. The van der Waals surface area contributed by atoms with Crippen LogP contribution >= 0.6 is 0 Å². The van der Waals surface area contributed by atoms with Crippen molar-refractivity contribution in [2.24, 2.45) is 5.92 Å². The van der Waals surface area contributed by atoms with Gasteiger partial charge in [0.25, 0.3) is 11.8 Å². The Morgan fingerprint density at radius 3 is 2.00 bits per heavy atom. The van der Waals surface area contributed by atoms with E-state index in [1.54, 1.807) is 24.3 Å². The maximum Gasteiger partial charge on any atom is 0.262 e. The van der Waals surface area contributed by atoms with E-state index < -0.39 is 17.9 Å². The quantitative estimate of drug-likeness (QED) is 0.813. The van der Waals surface area contributed by atoms with E-state index >= 15 is 0 Å². The van der Waals surface area contributed by atoms with E-state index in [1.165, 1.54) is 0 Å². The molecule has 27 heavy (non-hydrogen) atoms. The van der Waals surface area contributed by atoms with Crippen LogP contribution < -0.4 is 5.32 Å². The lowest BCUT2D eigenvalue weighted by Gasteiger charge is -2.28. The summed E-state index contributed by atoms with van der Waals surface area (Å²) in [5, 5.41) is 2.88. The van der Waals surface area contributed by atoms with Crippen LogP contribution in [0.4, 0.5) is 5.69 Å². The molecule has 1 heterocycles. The summed E-state index contributed by atoms with van der Waals surface area (Å²) in [6.45, 7) is 7.82. The van der Waals surface area contributed by atoms with Crippen LogP contribution in [-0.2, 0) is 4.79 Å². The van der Waals surface area contributed by atoms with Crippen molar-refractivity contribution in [3.05, 3.63) is 65.2 Å². The highest BCUT2D eigenvalue weighted by Crippen LogP contribution is 2.28. The van der Waals surface area contributed by atoms with Crippen molar-refractivity contribution < 1.29 is 14.4 Å². The third-order valence-corrected chi connectivity index (χ3v) is 4.82. The molecule has 3 amide bonds. The van der Waals surface area contributed by atoms with Crippen molar-refractivity contribution in [3.63, 3.8) is 0 Å². The van der Waals surface area contributed by atoms with E-state index in [4.69, 9.17) is 0 Å². The normalized spacial score (nSPS) is 14.7. The van der Waals surface area contributed by atoms with Crippen molar-refractivity contribution in [1.82, 2.24) is 4.90 Å². The number of nitrogens with zero attached hydrogens (tertiary/aromatic N) is 1. The Hall–Kier alpha value is -2.95. The predicted molar refractivity (Wildman–Crippen MR) is 105 cm³/mol. The molecule has 0 aliphatic carbocycles. The fraction of sp³-hybridized carbons (Fsp3) is 0.318. The molecule has 2 aromatic rings. The summed E-state index contributed by atoms with van der Waals surface area (Å²) in [6, 6.07) is 13.4. The maximum atomic E-state index is 13.0. The highest BCUT2D eigenvalue weighted by Gasteiger charge is 2.43. The van der Waals surface area contributed by atoms with Gasteiger partial charge < -0.3 is 5.32 Å². The first-order chi connectivity index (χ1) is 12.8. The molecule has 0 fully saturated rings. The number of nitrogens with one attached hydrogen (secondary N) is 1. The number of hydrogen-bond acceptors (Lipinski definition) is 3. The number of imide groups is 1. The first-order valence-electron chi connectivity index (χ1n) is 9.19. The second kappa shape index (κ2) is 7.35. The minimum absolute atomic E-state index is 0.222. The second-order valence-corrected chi connectivity index (χ2v) is 7.48. The monoisotopic (exact) mass is 364 g/mol. The van der Waals surface area contributed by atoms with Crippen LogP contribution in [0.5, 0.6) is 0 Å². The number of fused-ring (bicyclic) bond motifs is 1. The van der Waals surface area contributed by atoms with Gasteiger partial charge in [-0.2, -0.15) is 0 Å². The SMILES string of the molecule is CC(C)c1cccc(NC(=O)C(C(C)C)N2C(=O)c3ccccc3C2=O)c1. The highest BCUT2D eigenvalue weighted by atomic mass is 16.2. The minimum atomic E-state index is -0.875. The minimum Gasteiger partial charge on any atom is -0.324 e. The van der Waals surface area contributed by atoms with Gasteiger partial charge in [-0.15, -0.1) is 0 Å². The van der Waals surface area contributed by atoms with Crippen molar-refractivity contribution >= 4 is 23.4 Å². The smallest absolute Gasteiger partial charge is 0.262 e. The number of amides is 3. The van der Waals surface area contributed by atoms with Gasteiger partial charge in [0.1, 0.15) is 6.04 Å². The van der Waals surface area contributed by atoms with Crippen LogP contribution in [0, 0.1) is 5.92 Å². The lowest BCUT2D eigenvalue weighted by atomic mass is 10.0. The molecule has 0 aromatic heterocycles. The van der Waals surface area contributed by atoms with Gasteiger partial charge in [0.05, 0.1) is 11.1 Å². The Labute approximate surface area is 159 Å². The zero-order valence-electron chi connectivity index (χ0n) is 16.0. The Morgan fingerprint density at radius 1 is 0.889 bits per heavy atom. The lowest BCUT2D eigenvalue weighted by molar-refractivity contribution is -0.121. The molecule has 3 rings (SSSR count). The van der Waals surface area contributed by atoms with Crippen molar-refractivity contribution in [3.8, 4) is 0 Å². The van der Waals surface area contributed by atoms with Gasteiger partial charge in [-0.3, -0.25) is 19.3 Å². The highest BCUT2D eigenvalue weighted by molar-refractivity contribution is 6.23. The third kappa shape index (κ3) is 3.50. The molecular weight excluding hydrogens is 340 g/mol. The maximum absolute atomic E-state index is 13.0. The van der Waals surface area contributed by atoms with E-state index in [0.29, 0.717) is 22.7 Å². The van der Waals surface area contributed by atoms with Gasteiger partial charge in [0.2, 0.25) is 5.91 Å². The molecule has 5 nitrogen and oxygen atoms in total. The van der Waals surface area contributed by atoms with Crippen LogP contribution in [0.15, 0.2) is 48.5 Å². The molecule has 1 aliphatic rings. The van der Waals surface area contributed by atoms with Gasteiger partial charge >= 0.3 is 0 Å². The molecule has 1 unspecified atom stereocenters. The first kappa shape index (κ1) is 18.8. The average Bonchev–Trinajstić information content (AvgIpc) is 2.87. The predicted octanol–water partition coefficient (Wildman–Crippen LogP) is 4.07. The summed E-state index contributed by atoms with van der Waals surface area (Å²) in [6.07, 6.45) is 0. The Bertz CT molecular complexity index is 867. The van der Waals surface area contributed by atoms with Gasteiger partial charge in [0.15, 0.2) is 0 Å². The topological polar surface area (TPSA) is 66.5 Å². The van der Waals surface area contributed by atoms with Gasteiger partial charge in [-0.05, 0) is 41.7 Å². The number of hydrogen-bond donors (Lipinski definition) is 1.